The Morgan fingerprint density at radius 3 is 2.08 bits per heavy atom. The van der Waals surface area contributed by atoms with Crippen molar-refractivity contribution >= 4 is 15.9 Å². The van der Waals surface area contributed by atoms with Gasteiger partial charge in [0, 0.05) is 4.47 Å². The van der Waals surface area contributed by atoms with E-state index in [2.05, 4.69) is 115 Å². The minimum Gasteiger partial charge on any atom is -0.0625 e. The van der Waals surface area contributed by atoms with E-state index in [1.165, 1.54) is 70.2 Å². The van der Waals surface area contributed by atoms with Crippen LogP contribution in [0.1, 0.15) is 73.3 Å². The quantitative estimate of drug-likeness (QED) is 0.193. The van der Waals surface area contributed by atoms with E-state index in [1.807, 2.05) is 0 Å². The smallest absolute Gasteiger partial charge is 0.0625 e. The van der Waals surface area contributed by atoms with Crippen LogP contribution in [0, 0.1) is 23.7 Å². The van der Waals surface area contributed by atoms with Crippen molar-refractivity contribution in [1.82, 2.24) is 0 Å². The lowest BCUT2D eigenvalue weighted by molar-refractivity contribution is 0.0854. The predicted molar refractivity (Wildman–Crippen MR) is 157 cm³/mol. The van der Waals surface area contributed by atoms with Crippen LogP contribution in [0.15, 0.2) is 89.4 Å². The third-order valence-electron chi connectivity index (χ3n) is 10.4. The molecule has 4 aromatic carbocycles. The van der Waals surface area contributed by atoms with Crippen molar-refractivity contribution in [3.05, 3.63) is 117 Å². The second-order valence-corrected chi connectivity index (χ2v) is 13.4. The Balaban J connectivity index is 1.38. The molecule has 0 nitrogen and oxygen atoms in total. The average molecular weight is 546 g/mol. The summed E-state index contributed by atoms with van der Waals surface area (Å²) in [7, 11) is 0. The summed E-state index contributed by atoms with van der Waals surface area (Å²) in [6, 6.07) is 32.9. The molecular weight excluding hydrogens is 512 g/mol. The fraction of sp³-hybridized carbons (Fsp3) is 0.333. The van der Waals surface area contributed by atoms with Gasteiger partial charge in [-0.25, -0.2) is 0 Å². The summed E-state index contributed by atoms with van der Waals surface area (Å²) in [6.07, 6.45) is 5.68. The van der Waals surface area contributed by atoms with Crippen molar-refractivity contribution in [2.75, 3.05) is 0 Å². The Morgan fingerprint density at radius 1 is 0.622 bits per heavy atom. The first kappa shape index (κ1) is 22.4. The molecule has 4 aliphatic rings. The average Bonchev–Trinajstić information content (AvgIpc) is 3.34. The zero-order valence-corrected chi connectivity index (χ0v) is 23.3. The SMILES string of the molecule is C[C@H]1C[C@@H]2C[C@H](C1)C(c1ccc3c(c1)-c1ccccc1C31c3ccccc3-c3ccc(Br)cc31)[C@H](C)C2. The number of benzene rings is 4. The van der Waals surface area contributed by atoms with Crippen molar-refractivity contribution in [3.8, 4) is 22.3 Å². The van der Waals surface area contributed by atoms with E-state index in [0.29, 0.717) is 5.92 Å². The van der Waals surface area contributed by atoms with Gasteiger partial charge in [-0.15, -0.1) is 0 Å². The summed E-state index contributed by atoms with van der Waals surface area (Å²) in [5, 5.41) is 0. The highest BCUT2D eigenvalue weighted by Gasteiger charge is 2.52. The number of hydrogen-bond acceptors (Lipinski definition) is 0. The summed E-state index contributed by atoms with van der Waals surface area (Å²) < 4.78 is 1.15. The van der Waals surface area contributed by atoms with Crippen molar-refractivity contribution in [1.29, 1.82) is 0 Å². The van der Waals surface area contributed by atoms with Gasteiger partial charge in [0.2, 0.25) is 0 Å². The molecule has 2 saturated carbocycles. The van der Waals surface area contributed by atoms with Gasteiger partial charge in [-0.3, -0.25) is 0 Å². The standard InChI is InChI=1S/C36H33Br/c1-21-15-23-17-22(2)35(25(16-21)18-23)24-11-14-33-30(19-24)28-8-4-6-10-32(28)36(33)31-9-5-3-7-27(31)29-13-12-26(37)20-34(29)36/h3-14,19-23,25,35H,15-18H2,1-2H3/t21-,22+,23-,25-,35?,36?/m0/s1. The molecule has 1 spiro atoms. The van der Waals surface area contributed by atoms with E-state index in [1.54, 1.807) is 5.56 Å². The zero-order chi connectivity index (χ0) is 24.9. The maximum absolute atomic E-state index is 3.82. The second kappa shape index (κ2) is 7.93. The Bertz CT molecular complexity index is 1560. The van der Waals surface area contributed by atoms with Crippen molar-refractivity contribution in [3.63, 3.8) is 0 Å². The van der Waals surface area contributed by atoms with Crippen LogP contribution in [0.5, 0.6) is 0 Å². The van der Waals surface area contributed by atoms with Crippen LogP contribution in [0.2, 0.25) is 0 Å². The molecule has 184 valence electrons. The topological polar surface area (TPSA) is 0 Å². The van der Waals surface area contributed by atoms with Crippen molar-refractivity contribution in [2.24, 2.45) is 23.7 Å². The molecule has 4 aliphatic carbocycles. The predicted octanol–water partition coefficient (Wildman–Crippen LogP) is 9.97. The first-order valence-electron chi connectivity index (χ1n) is 14.2. The molecule has 1 heteroatoms. The number of rotatable bonds is 1. The molecule has 2 fully saturated rings. The van der Waals surface area contributed by atoms with Crippen LogP contribution >= 0.6 is 15.9 Å². The zero-order valence-electron chi connectivity index (χ0n) is 21.7. The highest BCUT2D eigenvalue weighted by molar-refractivity contribution is 9.10. The fourth-order valence-corrected chi connectivity index (χ4v) is 9.73. The van der Waals surface area contributed by atoms with Crippen LogP contribution in [0.25, 0.3) is 22.3 Å². The highest BCUT2D eigenvalue weighted by Crippen LogP contribution is 2.63. The maximum atomic E-state index is 3.82. The van der Waals surface area contributed by atoms with Crippen LogP contribution < -0.4 is 0 Å². The largest absolute Gasteiger partial charge is 0.0725 e. The van der Waals surface area contributed by atoms with Gasteiger partial charge in [-0.05, 0) is 117 Å². The molecule has 0 N–H and O–H groups in total. The Hall–Kier alpha value is -2.64. The lowest BCUT2D eigenvalue weighted by Gasteiger charge is -2.46. The number of fused-ring (bicyclic) bond motifs is 12. The maximum Gasteiger partial charge on any atom is 0.0725 e. The molecule has 6 atom stereocenters. The lowest BCUT2D eigenvalue weighted by atomic mass is 9.58. The highest BCUT2D eigenvalue weighted by atomic mass is 79.9. The summed E-state index contributed by atoms with van der Waals surface area (Å²) in [5.41, 5.74) is 12.7. The van der Waals surface area contributed by atoms with Gasteiger partial charge in [0.1, 0.15) is 0 Å². The minimum absolute atomic E-state index is 0.247. The van der Waals surface area contributed by atoms with E-state index >= 15 is 0 Å². The molecule has 0 aliphatic heterocycles. The first-order valence-corrected chi connectivity index (χ1v) is 15.0. The van der Waals surface area contributed by atoms with Crippen LogP contribution in [0.4, 0.5) is 0 Å². The molecule has 4 aromatic rings. The van der Waals surface area contributed by atoms with Crippen LogP contribution in [-0.2, 0) is 5.41 Å². The lowest BCUT2D eigenvalue weighted by Crippen LogP contribution is -2.35. The Morgan fingerprint density at radius 2 is 1.30 bits per heavy atom. The van der Waals surface area contributed by atoms with Crippen LogP contribution in [0.3, 0.4) is 0 Å². The molecule has 2 bridgehead atoms. The third kappa shape index (κ3) is 2.96. The second-order valence-electron chi connectivity index (χ2n) is 12.5. The molecule has 2 unspecified atom stereocenters. The Labute approximate surface area is 229 Å². The first-order chi connectivity index (χ1) is 18.1. The van der Waals surface area contributed by atoms with Gasteiger partial charge in [0.05, 0.1) is 5.41 Å². The van der Waals surface area contributed by atoms with Crippen LogP contribution in [-0.4, -0.2) is 0 Å². The van der Waals surface area contributed by atoms with Gasteiger partial charge >= 0.3 is 0 Å². The molecular formula is C36H33Br. The molecule has 8 rings (SSSR count). The Kier molecular flexibility index (Phi) is 4.79. The number of halogens is 1. The van der Waals surface area contributed by atoms with Gasteiger partial charge in [-0.1, -0.05) is 103 Å². The third-order valence-corrected chi connectivity index (χ3v) is 10.9. The summed E-state index contributed by atoms with van der Waals surface area (Å²) >= 11 is 3.82. The molecule has 0 aromatic heterocycles. The molecule has 0 radical (unpaired) electrons. The minimum atomic E-state index is -0.247. The number of hydrogen-bond donors (Lipinski definition) is 0. The fourth-order valence-electron chi connectivity index (χ4n) is 9.37. The summed E-state index contributed by atoms with van der Waals surface area (Å²) in [4.78, 5) is 0. The summed E-state index contributed by atoms with van der Waals surface area (Å²) in [6.45, 7) is 5.02. The molecule has 0 heterocycles. The normalized spacial score (nSPS) is 30.5. The van der Waals surface area contributed by atoms with Gasteiger partial charge < -0.3 is 0 Å². The monoisotopic (exact) mass is 544 g/mol. The van der Waals surface area contributed by atoms with Gasteiger partial charge in [0.25, 0.3) is 0 Å². The molecule has 0 saturated heterocycles. The van der Waals surface area contributed by atoms with E-state index in [9.17, 15) is 0 Å². The van der Waals surface area contributed by atoms with E-state index in [4.69, 9.17) is 0 Å². The molecule has 37 heavy (non-hydrogen) atoms. The van der Waals surface area contributed by atoms with Crippen molar-refractivity contribution in [2.45, 2.75) is 50.9 Å². The molecule has 0 amide bonds. The van der Waals surface area contributed by atoms with Gasteiger partial charge in [0.15, 0.2) is 0 Å². The summed E-state index contributed by atoms with van der Waals surface area (Å²) in [5.74, 6) is 4.12. The van der Waals surface area contributed by atoms with Crippen molar-refractivity contribution < 1.29 is 0 Å². The van der Waals surface area contributed by atoms with E-state index in [0.717, 1.165) is 28.1 Å². The van der Waals surface area contributed by atoms with E-state index in [-0.39, 0.29) is 5.41 Å². The van der Waals surface area contributed by atoms with Gasteiger partial charge in [-0.2, -0.15) is 0 Å². The van der Waals surface area contributed by atoms with E-state index < -0.39 is 0 Å².